The van der Waals surface area contributed by atoms with E-state index in [0.29, 0.717) is 0 Å². The van der Waals surface area contributed by atoms with Crippen molar-refractivity contribution in [1.82, 2.24) is 10.2 Å². The van der Waals surface area contributed by atoms with Gasteiger partial charge in [-0.3, -0.25) is 5.10 Å². The second-order valence-corrected chi connectivity index (χ2v) is 3.21. The smallest absolute Gasteiger partial charge is 0.0672 e. The van der Waals surface area contributed by atoms with Gasteiger partial charge < -0.3 is 5.73 Å². The number of nitrogens with zero attached hydrogens (tertiary/aromatic N) is 1. The second-order valence-electron chi connectivity index (χ2n) is 3.21. The summed E-state index contributed by atoms with van der Waals surface area (Å²) in [6.07, 6.45) is 3.37. The van der Waals surface area contributed by atoms with Crippen LogP contribution in [0.25, 0.3) is 0 Å². The summed E-state index contributed by atoms with van der Waals surface area (Å²) in [4.78, 5) is 0. The fourth-order valence-corrected chi connectivity index (χ4v) is 1.80. The Morgan fingerprint density at radius 1 is 1.64 bits per heavy atom. The number of nitrogens with two attached hydrogens (primary N) is 1. The number of rotatable bonds is 0. The molecule has 1 aromatic heterocycles. The normalized spacial score (nSPS) is 23.3. The Labute approximate surface area is 66.0 Å². The zero-order chi connectivity index (χ0) is 7.84. The molecule has 0 fully saturated rings. The summed E-state index contributed by atoms with van der Waals surface area (Å²) in [5.41, 5.74) is 9.52. The molecule has 60 valence electrons. The SMILES string of the molecule is Cc1[nH]nc2c1[C@H](N)CCC2. The predicted molar refractivity (Wildman–Crippen MR) is 43.2 cm³/mol. The van der Waals surface area contributed by atoms with Gasteiger partial charge in [0, 0.05) is 17.3 Å². The minimum atomic E-state index is 0.220. The summed E-state index contributed by atoms with van der Waals surface area (Å²) in [7, 11) is 0. The molecule has 0 amide bonds. The summed E-state index contributed by atoms with van der Waals surface area (Å²) in [6, 6.07) is 0.220. The fourth-order valence-electron chi connectivity index (χ4n) is 1.80. The topological polar surface area (TPSA) is 54.7 Å². The molecule has 1 aromatic rings. The maximum absolute atomic E-state index is 5.93. The van der Waals surface area contributed by atoms with Crippen LogP contribution >= 0.6 is 0 Å². The third-order valence-electron chi connectivity index (χ3n) is 2.37. The predicted octanol–water partition coefficient (Wildman–Crippen LogP) is 1.05. The zero-order valence-corrected chi connectivity index (χ0v) is 6.72. The number of fused-ring (bicyclic) bond motifs is 1. The molecule has 0 unspecified atom stereocenters. The number of hydrogen-bond acceptors (Lipinski definition) is 2. The maximum atomic E-state index is 5.93. The van der Waals surface area contributed by atoms with E-state index in [1.165, 1.54) is 17.7 Å². The van der Waals surface area contributed by atoms with Gasteiger partial charge in [0.2, 0.25) is 0 Å². The lowest BCUT2D eigenvalue weighted by Gasteiger charge is -2.17. The summed E-state index contributed by atoms with van der Waals surface area (Å²) >= 11 is 0. The number of aryl methyl sites for hydroxylation is 2. The molecule has 3 N–H and O–H groups in total. The van der Waals surface area contributed by atoms with E-state index >= 15 is 0 Å². The van der Waals surface area contributed by atoms with Crippen LogP contribution in [-0.2, 0) is 6.42 Å². The molecule has 0 saturated carbocycles. The van der Waals surface area contributed by atoms with Gasteiger partial charge in [-0.05, 0) is 26.2 Å². The van der Waals surface area contributed by atoms with Crippen LogP contribution in [0.1, 0.15) is 35.8 Å². The lowest BCUT2D eigenvalue weighted by molar-refractivity contribution is 0.564. The first-order chi connectivity index (χ1) is 5.29. The lowest BCUT2D eigenvalue weighted by atomic mass is 9.92. The Hall–Kier alpha value is -0.830. The van der Waals surface area contributed by atoms with Crippen LogP contribution in [0, 0.1) is 6.92 Å². The van der Waals surface area contributed by atoms with Gasteiger partial charge in [0.05, 0.1) is 5.69 Å². The average molecular weight is 151 g/mol. The first-order valence-corrected chi connectivity index (χ1v) is 4.08. The van der Waals surface area contributed by atoms with Crippen molar-refractivity contribution < 1.29 is 0 Å². The van der Waals surface area contributed by atoms with Gasteiger partial charge in [0.1, 0.15) is 0 Å². The Kier molecular flexibility index (Phi) is 1.46. The van der Waals surface area contributed by atoms with Gasteiger partial charge in [0.15, 0.2) is 0 Å². The van der Waals surface area contributed by atoms with E-state index in [-0.39, 0.29) is 6.04 Å². The highest BCUT2D eigenvalue weighted by atomic mass is 15.1. The lowest BCUT2D eigenvalue weighted by Crippen LogP contribution is -2.17. The van der Waals surface area contributed by atoms with Crippen molar-refractivity contribution in [3.05, 3.63) is 17.0 Å². The van der Waals surface area contributed by atoms with Crippen molar-refractivity contribution in [2.45, 2.75) is 32.2 Å². The third-order valence-corrected chi connectivity index (χ3v) is 2.37. The Morgan fingerprint density at radius 2 is 2.45 bits per heavy atom. The summed E-state index contributed by atoms with van der Waals surface area (Å²) < 4.78 is 0. The van der Waals surface area contributed by atoms with E-state index in [1.54, 1.807) is 0 Å². The highest BCUT2D eigenvalue weighted by Gasteiger charge is 2.20. The van der Waals surface area contributed by atoms with E-state index in [4.69, 9.17) is 5.73 Å². The van der Waals surface area contributed by atoms with E-state index in [2.05, 4.69) is 10.2 Å². The Bertz CT molecular complexity index is 264. The van der Waals surface area contributed by atoms with E-state index in [9.17, 15) is 0 Å². The molecule has 1 heterocycles. The van der Waals surface area contributed by atoms with Crippen molar-refractivity contribution in [3.8, 4) is 0 Å². The minimum Gasteiger partial charge on any atom is -0.324 e. The molecule has 3 nitrogen and oxygen atoms in total. The quantitative estimate of drug-likeness (QED) is 0.582. The number of nitrogens with one attached hydrogen (secondary N) is 1. The minimum absolute atomic E-state index is 0.220. The molecule has 1 aliphatic carbocycles. The van der Waals surface area contributed by atoms with Crippen molar-refractivity contribution in [1.29, 1.82) is 0 Å². The van der Waals surface area contributed by atoms with Crippen molar-refractivity contribution in [2.24, 2.45) is 5.73 Å². The summed E-state index contributed by atoms with van der Waals surface area (Å²) in [5.74, 6) is 0. The molecule has 0 aromatic carbocycles. The van der Waals surface area contributed by atoms with Gasteiger partial charge in [-0.15, -0.1) is 0 Å². The van der Waals surface area contributed by atoms with Crippen LogP contribution in [0.5, 0.6) is 0 Å². The molecule has 0 spiro atoms. The molecule has 0 saturated heterocycles. The monoisotopic (exact) mass is 151 g/mol. The maximum Gasteiger partial charge on any atom is 0.0672 e. The van der Waals surface area contributed by atoms with Gasteiger partial charge in [-0.2, -0.15) is 5.10 Å². The molecule has 3 heteroatoms. The average Bonchev–Trinajstić information content (AvgIpc) is 2.34. The van der Waals surface area contributed by atoms with Crippen molar-refractivity contribution >= 4 is 0 Å². The zero-order valence-electron chi connectivity index (χ0n) is 6.72. The van der Waals surface area contributed by atoms with Crippen LogP contribution in [0.2, 0.25) is 0 Å². The standard InChI is InChI=1S/C8H13N3/c1-5-8-6(9)3-2-4-7(8)11-10-5/h6H,2-4,9H2,1H3,(H,10,11)/t6-/m1/s1. The molecular formula is C8H13N3. The first kappa shape index (κ1) is 6.85. The van der Waals surface area contributed by atoms with Crippen molar-refractivity contribution in [2.75, 3.05) is 0 Å². The van der Waals surface area contributed by atoms with E-state index in [0.717, 1.165) is 18.5 Å². The van der Waals surface area contributed by atoms with Gasteiger partial charge in [-0.1, -0.05) is 0 Å². The highest BCUT2D eigenvalue weighted by Crippen LogP contribution is 2.28. The Balaban J connectivity index is 2.48. The highest BCUT2D eigenvalue weighted by molar-refractivity contribution is 5.29. The third kappa shape index (κ3) is 0.959. The molecular weight excluding hydrogens is 138 g/mol. The van der Waals surface area contributed by atoms with Crippen LogP contribution in [0.15, 0.2) is 0 Å². The fraction of sp³-hybridized carbons (Fsp3) is 0.625. The van der Waals surface area contributed by atoms with E-state index < -0.39 is 0 Å². The molecule has 0 bridgehead atoms. The number of aromatic amines is 1. The van der Waals surface area contributed by atoms with Crippen LogP contribution < -0.4 is 5.73 Å². The Morgan fingerprint density at radius 3 is 3.18 bits per heavy atom. The van der Waals surface area contributed by atoms with Gasteiger partial charge >= 0.3 is 0 Å². The summed E-state index contributed by atoms with van der Waals surface area (Å²) in [5, 5.41) is 7.18. The number of hydrogen-bond donors (Lipinski definition) is 2. The molecule has 1 aliphatic rings. The first-order valence-electron chi connectivity index (χ1n) is 4.08. The second kappa shape index (κ2) is 2.34. The molecule has 1 atom stereocenters. The molecule has 11 heavy (non-hydrogen) atoms. The number of aromatic nitrogens is 2. The van der Waals surface area contributed by atoms with Crippen molar-refractivity contribution in [3.63, 3.8) is 0 Å². The van der Waals surface area contributed by atoms with Crippen LogP contribution in [0.3, 0.4) is 0 Å². The van der Waals surface area contributed by atoms with E-state index in [1.807, 2.05) is 6.92 Å². The largest absolute Gasteiger partial charge is 0.324 e. The van der Waals surface area contributed by atoms with Gasteiger partial charge in [-0.25, -0.2) is 0 Å². The molecule has 0 radical (unpaired) electrons. The van der Waals surface area contributed by atoms with Crippen LogP contribution in [0.4, 0.5) is 0 Å². The number of H-pyrrole nitrogens is 1. The molecule has 2 rings (SSSR count). The summed E-state index contributed by atoms with van der Waals surface area (Å²) in [6.45, 7) is 2.04. The molecule has 0 aliphatic heterocycles. The van der Waals surface area contributed by atoms with Gasteiger partial charge in [0.25, 0.3) is 0 Å². The van der Waals surface area contributed by atoms with Crippen LogP contribution in [-0.4, -0.2) is 10.2 Å².